The molecule has 0 aliphatic rings. The number of halogens is 1. The Morgan fingerprint density at radius 2 is 1.80 bits per heavy atom. The standard InChI is InChI=1S/C19H15FO5/c1-23-10-14-12-6-3-5-9-17(12)25-18(14)19(22)24-11-16(21)13-7-2-4-8-15(13)20/h2-9H,10-11H2,1H3. The number of ether oxygens (including phenoxy) is 2. The molecule has 3 rings (SSSR count). The van der Waals surface area contributed by atoms with Crippen molar-refractivity contribution in [2.45, 2.75) is 6.61 Å². The third-order valence-electron chi connectivity index (χ3n) is 3.68. The van der Waals surface area contributed by atoms with Crippen LogP contribution < -0.4 is 0 Å². The van der Waals surface area contributed by atoms with Gasteiger partial charge in [0, 0.05) is 18.1 Å². The Balaban J connectivity index is 1.79. The number of rotatable bonds is 6. The quantitative estimate of drug-likeness (QED) is 0.504. The van der Waals surface area contributed by atoms with E-state index in [1.807, 2.05) is 6.07 Å². The molecule has 2 aromatic carbocycles. The Morgan fingerprint density at radius 3 is 2.56 bits per heavy atom. The number of benzene rings is 2. The van der Waals surface area contributed by atoms with Gasteiger partial charge < -0.3 is 13.9 Å². The maximum atomic E-state index is 13.6. The topological polar surface area (TPSA) is 65.7 Å². The summed E-state index contributed by atoms with van der Waals surface area (Å²) in [6.45, 7) is -0.425. The summed E-state index contributed by atoms with van der Waals surface area (Å²) >= 11 is 0. The van der Waals surface area contributed by atoms with Gasteiger partial charge in [-0.1, -0.05) is 30.3 Å². The molecule has 0 radical (unpaired) electrons. The van der Waals surface area contributed by atoms with Crippen LogP contribution in [0.4, 0.5) is 4.39 Å². The highest BCUT2D eigenvalue weighted by Crippen LogP contribution is 2.27. The van der Waals surface area contributed by atoms with E-state index in [0.717, 1.165) is 5.39 Å². The van der Waals surface area contributed by atoms with Gasteiger partial charge in [-0.3, -0.25) is 4.79 Å². The fraction of sp³-hybridized carbons (Fsp3) is 0.158. The van der Waals surface area contributed by atoms with Gasteiger partial charge in [0.15, 0.2) is 6.61 Å². The van der Waals surface area contributed by atoms with Crippen molar-refractivity contribution in [2.24, 2.45) is 0 Å². The molecule has 0 saturated carbocycles. The molecule has 0 N–H and O–H groups in total. The van der Waals surface area contributed by atoms with Gasteiger partial charge in [-0.2, -0.15) is 0 Å². The molecular weight excluding hydrogens is 327 g/mol. The second kappa shape index (κ2) is 7.27. The smallest absolute Gasteiger partial charge is 0.375 e. The van der Waals surface area contributed by atoms with Gasteiger partial charge in [-0.15, -0.1) is 0 Å². The Bertz CT molecular complexity index is 928. The number of fused-ring (bicyclic) bond motifs is 1. The summed E-state index contributed by atoms with van der Waals surface area (Å²) in [6.07, 6.45) is 0. The molecule has 0 aliphatic carbocycles. The minimum absolute atomic E-state index is 0.0237. The van der Waals surface area contributed by atoms with Crippen molar-refractivity contribution >= 4 is 22.7 Å². The van der Waals surface area contributed by atoms with Crippen LogP contribution in [0.5, 0.6) is 0 Å². The summed E-state index contributed by atoms with van der Waals surface area (Å²) in [7, 11) is 1.50. The van der Waals surface area contributed by atoms with E-state index in [0.29, 0.717) is 11.1 Å². The molecule has 0 atom stereocenters. The lowest BCUT2D eigenvalue weighted by molar-refractivity contribution is 0.0440. The van der Waals surface area contributed by atoms with Crippen molar-refractivity contribution in [3.05, 3.63) is 71.2 Å². The van der Waals surface area contributed by atoms with Crippen LogP contribution in [-0.2, 0) is 16.1 Å². The summed E-state index contributed by atoms with van der Waals surface area (Å²) < 4.78 is 29.3. The Kier molecular flexibility index (Phi) is 4.90. The average Bonchev–Trinajstić information content (AvgIpc) is 2.99. The highest BCUT2D eigenvalue weighted by molar-refractivity contribution is 6.00. The molecule has 25 heavy (non-hydrogen) atoms. The van der Waals surface area contributed by atoms with Crippen LogP contribution in [0.1, 0.15) is 26.5 Å². The second-order valence-corrected chi connectivity index (χ2v) is 5.32. The Hall–Kier alpha value is -2.99. The number of hydrogen-bond acceptors (Lipinski definition) is 5. The first-order chi connectivity index (χ1) is 12.1. The molecule has 6 heteroatoms. The minimum Gasteiger partial charge on any atom is -0.451 e. The number of Topliss-reactive ketones (excluding diaryl/α,β-unsaturated/α-hetero) is 1. The maximum Gasteiger partial charge on any atom is 0.375 e. The lowest BCUT2D eigenvalue weighted by Gasteiger charge is -2.05. The maximum absolute atomic E-state index is 13.6. The summed E-state index contributed by atoms with van der Waals surface area (Å²) in [6, 6.07) is 12.6. The number of ketones is 1. The first-order valence-electron chi connectivity index (χ1n) is 7.56. The lowest BCUT2D eigenvalue weighted by Crippen LogP contribution is -2.16. The summed E-state index contributed by atoms with van der Waals surface area (Å²) in [5.41, 5.74) is 0.931. The fourth-order valence-electron chi connectivity index (χ4n) is 2.51. The van der Waals surface area contributed by atoms with E-state index in [1.54, 1.807) is 18.2 Å². The normalized spacial score (nSPS) is 10.8. The largest absolute Gasteiger partial charge is 0.451 e. The van der Waals surface area contributed by atoms with Crippen LogP contribution in [0, 0.1) is 5.82 Å². The predicted octanol–water partition coefficient (Wildman–Crippen LogP) is 3.76. The van der Waals surface area contributed by atoms with Gasteiger partial charge in [-0.05, 0) is 18.2 Å². The number of carbonyl (C=O) groups is 2. The van der Waals surface area contributed by atoms with E-state index in [9.17, 15) is 14.0 Å². The van der Waals surface area contributed by atoms with Gasteiger partial charge in [0.05, 0.1) is 12.2 Å². The first-order valence-corrected chi connectivity index (χ1v) is 7.56. The van der Waals surface area contributed by atoms with Crippen LogP contribution in [0.2, 0.25) is 0 Å². The van der Waals surface area contributed by atoms with Crippen LogP contribution >= 0.6 is 0 Å². The third kappa shape index (κ3) is 3.44. The summed E-state index contributed by atoms with van der Waals surface area (Å²) in [5, 5.41) is 0.733. The molecule has 0 amide bonds. The zero-order chi connectivity index (χ0) is 17.8. The number of methoxy groups -OCH3 is 1. The number of para-hydroxylation sites is 1. The van der Waals surface area contributed by atoms with Crippen molar-refractivity contribution < 1.29 is 27.9 Å². The van der Waals surface area contributed by atoms with Crippen LogP contribution in [0.3, 0.4) is 0 Å². The average molecular weight is 342 g/mol. The minimum atomic E-state index is -0.798. The Morgan fingerprint density at radius 1 is 1.08 bits per heavy atom. The zero-order valence-electron chi connectivity index (χ0n) is 13.5. The van der Waals surface area contributed by atoms with Gasteiger partial charge in [0.1, 0.15) is 11.4 Å². The number of furan rings is 1. The number of carbonyl (C=O) groups excluding carboxylic acids is 2. The SMILES string of the molecule is COCc1c(C(=O)OCC(=O)c2ccccc2F)oc2ccccc12. The van der Waals surface area contributed by atoms with E-state index < -0.39 is 24.2 Å². The molecule has 0 unspecified atom stereocenters. The van der Waals surface area contributed by atoms with E-state index in [1.165, 1.54) is 31.4 Å². The van der Waals surface area contributed by atoms with Gasteiger partial charge in [0.25, 0.3) is 0 Å². The third-order valence-corrected chi connectivity index (χ3v) is 3.68. The molecule has 1 aromatic heterocycles. The monoisotopic (exact) mass is 342 g/mol. The van der Waals surface area contributed by atoms with Gasteiger partial charge >= 0.3 is 5.97 Å². The van der Waals surface area contributed by atoms with Crippen molar-refractivity contribution in [1.29, 1.82) is 0 Å². The lowest BCUT2D eigenvalue weighted by atomic mass is 10.1. The van der Waals surface area contributed by atoms with E-state index in [-0.39, 0.29) is 17.9 Å². The second-order valence-electron chi connectivity index (χ2n) is 5.32. The summed E-state index contributed by atoms with van der Waals surface area (Å²) in [5.74, 6) is -2.11. The van der Waals surface area contributed by atoms with Crippen LogP contribution in [0.15, 0.2) is 52.9 Å². The highest BCUT2D eigenvalue weighted by Gasteiger charge is 2.23. The molecular formula is C19H15FO5. The van der Waals surface area contributed by atoms with Crippen LogP contribution in [0.25, 0.3) is 11.0 Å². The molecule has 3 aromatic rings. The predicted molar refractivity (Wildman–Crippen MR) is 87.9 cm³/mol. The number of esters is 1. The molecule has 128 valence electrons. The van der Waals surface area contributed by atoms with E-state index >= 15 is 0 Å². The molecule has 0 bridgehead atoms. The Labute approximate surface area is 143 Å². The van der Waals surface area contributed by atoms with E-state index in [2.05, 4.69) is 0 Å². The first kappa shape index (κ1) is 16.9. The fourth-order valence-corrected chi connectivity index (χ4v) is 2.51. The van der Waals surface area contributed by atoms with Crippen molar-refractivity contribution in [2.75, 3.05) is 13.7 Å². The molecule has 0 aliphatic heterocycles. The van der Waals surface area contributed by atoms with E-state index in [4.69, 9.17) is 13.9 Å². The van der Waals surface area contributed by atoms with Crippen molar-refractivity contribution in [3.63, 3.8) is 0 Å². The van der Waals surface area contributed by atoms with Crippen molar-refractivity contribution in [3.8, 4) is 0 Å². The molecule has 0 spiro atoms. The molecule has 0 fully saturated rings. The highest BCUT2D eigenvalue weighted by atomic mass is 19.1. The molecule has 1 heterocycles. The molecule has 0 saturated heterocycles. The number of hydrogen-bond donors (Lipinski definition) is 0. The molecule has 5 nitrogen and oxygen atoms in total. The van der Waals surface area contributed by atoms with Crippen LogP contribution in [-0.4, -0.2) is 25.5 Å². The van der Waals surface area contributed by atoms with Gasteiger partial charge in [-0.25, -0.2) is 9.18 Å². The summed E-state index contributed by atoms with van der Waals surface area (Å²) in [4.78, 5) is 24.3. The van der Waals surface area contributed by atoms with Gasteiger partial charge in [0.2, 0.25) is 11.5 Å². The zero-order valence-corrected chi connectivity index (χ0v) is 13.5. The van der Waals surface area contributed by atoms with Crippen molar-refractivity contribution in [1.82, 2.24) is 0 Å².